The lowest BCUT2D eigenvalue weighted by atomic mass is 10.3. The second-order valence-electron chi connectivity index (χ2n) is 6.59. The van der Waals surface area contributed by atoms with Gasteiger partial charge in [0.2, 0.25) is 15.9 Å². The number of amides is 1. The van der Waals surface area contributed by atoms with Crippen LogP contribution in [0.2, 0.25) is 0 Å². The van der Waals surface area contributed by atoms with Crippen LogP contribution >= 0.6 is 0 Å². The third kappa shape index (κ3) is 6.37. The van der Waals surface area contributed by atoms with Gasteiger partial charge in [-0.15, -0.1) is 0 Å². The molecule has 0 aromatic carbocycles. The van der Waals surface area contributed by atoms with Crippen molar-refractivity contribution in [3.63, 3.8) is 0 Å². The highest BCUT2D eigenvalue weighted by Crippen LogP contribution is 2.27. The van der Waals surface area contributed by atoms with Crippen molar-refractivity contribution < 1.29 is 17.9 Å². The predicted molar refractivity (Wildman–Crippen MR) is 88.6 cm³/mol. The van der Waals surface area contributed by atoms with E-state index in [-0.39, 0.29) is 24.4 Å². The molecule has 1 saturated heterocycles. The maximum Gasteiger partial charge on any atom is 0.236 e. The van der Waals surface area contributed by atoms with Crippen molar-refractivity contribution in [1.82, 2.24) is 14.5 Å². The van der Waals surface area contributed by atoms with Crippen LogP contribution in [-0.2, 0) is 19.6 Å². The zero-order chi connectivity index (χ0) is 16.9. The molecule has 2 rings (SSSR count). The molecule has 0 unspecified atom stereocenters. The number of carbonyl (C=O) groups is 1. The van der Waals surface area contributed by atoms with Gasteiger partial charge in [-0.25, -0.2) is 8.42 Å². The average molecular weight is 347 g/mol. The molecule has 23 heavy (non-hydrogen) atoms. The highest BCUT2D eigenvalue weighted by molar-refractivity contribution is 7.89. The van der Waals surface area contributed by atoms with Crippen LogP contribution in [0.15, 0.2) is 0 Å². The second-order valence-corrected chi connectivity index (χ2v) is 8.68. The van der Waals surface area contributed by atoms with Gasteiger partial charge in [0.15, 0.2) is 0 Å². The van der Waals surface area contributed by atoms with Crippen LogP contribution < -0.4 is 5.32 Å². The number of sulfonamides is 1. The summed E-state index contributed by atoms with van der Waals surface area (Å²) < 4.78 is 31.2. The summed E-state index contributed by atoms with van der Waals surface area (Å²) in [4.78, 5) is 13.8. The molecule has 0 atom stereocenters. The van der Waals surface area contributed by atoms with E-state index in [9.17, 15) is 13.2 Å². The third-order valence-corrected chi connectivity index (χ3v) is 6.02. The van der Waals surface area contributed by atoms with Gasteiger partial charge in [-0.3, -0.25) is 4.79 Å². The Morgan fingerprint density at radius 1 is 1.22 bits per heavy atom. The summed E-state index contributed by atoms with van der Waals surface area (Å²) in [7, 11) is -3.29. The van der Waals surface area contributed by atoms with Gasteiger partial charge in [-0.05, 0) is 39.2 Å². The van der Waals surface area contributed by atoms with Crippen molar-refractivity contribution in [1.29, 1.82) is 0 Å². The minimum absolute atomic E-state index is 0.00205. The van der Waals surface area contributed by atoms with Gasteiger partial charge in [0.25, 0.3) is 0 Å². The molecule has 1 aliphatic carbocycles. The largest absolute Gasteiger partial charge is 0.378 e. The van der Waals surface area contributed by atoms with E-state index in [1.165, 1.54) is 17.1 Å². The van der Waals surface area contributed by atoms with E-state index in [1.807, 2.05) is 13.8 Å². The number of nitrogens with zero attached hydrogens (tertiary/aromatic N) is 2. The van der Waals surface area contributed by atoms with Crippen LogP contribution in [0.25, 0.3) is 0 Å². The van der Waals surface area contributed by atoms with E-state index in [2.05, 4.69) is 5.32 Å². The van der Waals surface area contributed by atoms with Crippen LogP contribution in [0.4, 0.5) is 0 Å². The van der Waals surface area contributed by atoms with E-state index in [0.29, 0.717) is 32.7 Å². The van der Waals surface area contributed by atoms with Crippen molar-refractivity contribution in [2.75, 3.05) is 51.6 Å². The van der Waals surface area contributed by atoms with Gasteiger partial charge in [-0.1, -0.05) is 0 Å². The Morgan fingerprint density at radius 3 is 2.43 bits per heavy atom. The number of ether oxygens (including phenoxy) is 1. The Kier molecular flexibility index (Phi) is 6.82. The topological polar surface area (TPSA) is 79.0 Å². The van der Waals surface area contributed by atoms with E-state index in [1.54, 1.807) is 4.90 Å². The molecular weight excluding hydrogens is 318 g/mol. The number of nitrogens with one attached hydrogen (secondary N) is 1. The SMILES string of the molecule is CC(C)OCCS(=O)(=O)N1CCN(C(=O)CNCC2CC2)CC1. The summed E-state index contributed by atoms with van der Waals surface area (Å²) in [5, 5.41) is 3.18. The summed E-state index contributed by atoms with van der Waals surface area (Å²) in [6.07, 6.45) is 2.55. The van der Waals surface area contributed by atoms with Crippen molar-refractivity contribution in [2.24, 2.45) is 5.92 Å². The molecule has 0 spiro atoms. The lowest BCUT2D eigenvalue weighted by Gasteiger charge is -2.34. The first kappa shape index (κ1) is 18.6. The highest BCUT2D eigenvalue weighted by Gasteiger charge is 2.28. The number of hydrogen-bond acceptors (Lipinski definition) is 5. The molecular formula is C15H29N3O4S. The molecule has 8 heteroatoms. The Bertz CT molecular complexity index is 483. The normalized spacial score (nSPS) is 20.2. The highest BCUT2D eigenvalue weighted by atomic mass is 32.2. The average Bonchev–Trinajstić information content (AvgIpc) is 3.31. The lowest BCUT2D eigenvalue weighted by Crippen LogP contribution is -2.52. The molecule has 1 heterocycles. The molecule has 2 fully saturated rings. The summed E-state index contributed by atoms with van der Waals surface area (Å²) in [5.74, 6) is 0.811. The monoisotopic (exact) mass is 347 g/mol. The molecule has 7 nitrogen and oxygen atoms in total. The predicted octanol–water partition coefficient (Wildman–Crippen LogP) is -0.115. The molecule has 1 saturated carbocycles. The van der Waals surface area contributed by atoms with Crippen molar-refractivity contribution in [3.8, 4) is 0 Å². The van der Waals surface area contributed by atoms with Gasteiger partial charge in [0.1, 0.15) is 0 Å². The van der Waals surface area contributed by atoms with Gasteiger partial charge in [0, 0.05) is 26.2 Å². The molecule has 1 N–H and O–H groups in total. The number of piperazine rings is 1. The summed E-state index contributed by atoms with van der Waals surface area (Å²) in [6.45, 7) is 6.92. The van der Waals surface area contributed by atoms with Crippen LogP contribution in [0.1, 0.15) is 26.7 Å². The molecule has 0 aromatic heterocycles. The van der Waals surface area contributed by atoms with Crippen molar-refractivity contribution in [2.45, 2.75) is 32.8 Å². The van der Waals surface area contributed by atoms with Crippen LogP contribution in [-0.4, -0.2) is 81.3 Å². The number of hydrogen-bond donors (Lipinski definition) is 1. The molecule has 2 aliphatic rings. The minimum atomic E-state index is -3.29. The fourth-order valence-electron chi connectivity index (χ4n) is 2.55. The Labute approximate surface area is 139 Å². The molecule has 1 aliphatic heterocycles. The smallest absolute Gasteiger partial charge is 0.236 e. The van der Waals surface area contributed by atoms with E-state index >= 15 is 0 Å². The Morgan fingerprint density at radius 2 is 1.87 bits per heavy atom. The van der Waals surface area contributed by atoms with E-state index in [4.69, 9.17) is 4.74 Å². The molecule has 0 aromatic rings. The first-order valence-electron chi connectivity index (χ1n) is 8.46. The zero-order valence-electron chi connectivity index (χ0n) is 14.2. The zero-order valence-corrected chi connectivity index (χ0v) is 15.0. The fourth-order valence-corrected chi connectivity index (χ4v) is 3.84. The minimum Gasteiger partial charge on any atom is -0.378 e. The maximum absolute atomic E-state index is 12.2. The van der Waals surface area contributed by atoms with Crippen LogP contribution in [0.3, 0.4) is 0 Å². The van der Waals surface area contributed by atoms with E-state index in [0.717, 1.165) is 12.5 Å². The summed E-state index contributed by atoms with van der Waals surface area (Å²) >= 11 is 0. The first-order valence-corrected chi connectivity index (χ1v) is 10.1. The second kappa shape index (κ2) is 8.41. The van der Waals surface area contributed by atoms with Gasteiger partial charge in [0.05, 0.1) is 25.0 Å². The first-order chi connectivity index (χ1) is 10.9. The van der Waals surface area contributed by atoms with Crippen molar-refractivity contribution in [3.05, 3.63) is 0 Å². The van der Waals surface area contributed by atoms with Crippen LogP contribution in [0, 0.1) is 5.92 Å². The van der Waals surface area contributed by atoms with Crippen molar-refractivity contribution >= 4 is 15.9 Å². The fraction of sp³-hybridized carbons (Fsp3) is 0.933. The molecule has 0 bridgehead atoms. The third-order valence-electron chi connectivity index (χ3n) is 4.18. The molecule has 0 radical (unpaired) electrons. The van der Waals surface area contributed by atoms with Crippen LogP contribution in [0.5, 0.6) is 0 Å². The van der Waals surface area contributed by atoms with Gasteiger partial charge >= 0.3 is 0 Å². The number of rotatable bonds is 9. The standard InChI is InChI=1S/C15H29N3O4S/c1-13(2)22-9-10-23(20,21)18-7-5-17(6-8-18)15(19)12-16-11-14-3-4-14/h13-14,16H,3-12H2,1-2H3. The lowest BCUT2D eigenvalue weighted by molar-refractivity contribution is -0.131. The van der Waals surface area contributed by atoms with Gasteiger partial charge in [-0.2, -0.15) is 4.31 Å². The number of carbonyl (C=O) groups excluding carboxylic acids is 1. The van der Waals surface area contributed by atoms with E-state index < -0.39 is 10.0 Å². The maximum atomic E-state index is 12.2. The van der Waals surface area contributed by atoms with Gasteiger partial charge < -0.3 is 15.0 Å². The summed E-state index contributed by atoms with van der Waals surface area (Å²) in [5.41, 5.74) is 0. The molecule has 134 valence electrons. The summed E-state index contributed by atoms with van der Waals surface area (Å²) in [6, 6.07) is 0. The Balaban J connectivity index is 1.68. The quantitative estimate of drug-likeness (QED) is 0.629. The Hall–Kier alpha value is -0.700. The molecule has 1 amide bonds.